The van der Waals surface area contributed by atoms with Gasteiger partial charge >= 0.3 is 5.97 Å². The molecule has 87 valence electrons. The summed E-state index contributed by atoms with van der Waals surface area (Å²) in [7, 11) is 0. The van der Waals surface area contributed by atoms with Crippen LogP contribution in [0.15, 0.2) is 24.3 Å². The molecule has 0 spiro atoms. The predicted molar refractivity (Wildman–Crippen MR) is 60.5 cm³/mol. The molecule has 4 heteroatoms. The number of phenolic OH excluding ortho intramolecular Hbond substituents is 1. The first-order valence-corrected chi connectivity index (χ1v) is 4.95. The predicted octanol–water partition coefficient (Wildman–Crippen LogP) is 1.57. The Labute approximate surface area is 95.0 Å². The Hall–Kier alpha value is -1.55. The molecule has 0 amide bonds. The van der Waals surface area contributed by atoms with Crippen LogP contribution in [0.3, 0.4) is 0 Å². The summed E-state index contributed by atoms with van der Waals surface area (Å²) >= 11 is 0. The highest BCUT2D eigenvalue weighted by atomic mass is 16.6. The summed E-state index contributed by atoms with van der Waals surface area (Å²) in [6.45, 7) is 5.32. The fourth-order valence-electron chi connectivity index (χ4n) is 1.09. The maximum atomic E-state index is 11.6. The summed E-state index contributed by atoms with van der Waals surface area (Å²) in [5, 5.41) is 9.10. The molecule has 1 aromatic rings. The molecule has 0 aromatic heterocycles. The lowest BCUT2D eigenvalue weighted by atomic mass is 10.1. The Bertz CT molecular complexity index is 365. The van der Waals surface area contributed by atoms with E-state index in [1.54, 1.807) is 32.9 Å². The van der Waals surface area contributed by atoms with Gasteiger partial charge in [-0.15, -0.1) is 0 Å². The minimum Gasteiger partial charge on any atom is -0.508 e. The van der Waals surface area contributed by atoms with Crippen LogP contribution in [-0.2, 0) is 9.53 Å². The lowest BCUT2D eigenvalue weighted by molar-refractivity contribution is -0.151. The number of rotatable bonds is 2. The first-order chi connectivity index (χ1) is 7.29. The molecule has 0 atom stereocenters. The third kappa shape index (κ3) is 3.55. The summed E-state index contributed by atoms with van der Waals surface area (Å²) in [6.07, 6.45) is 0. The van der Waals surface area contributed by atoms with Gasteiger partial charge < -0.3 is 15.6 Å². The number of ether oxygens (including phenoxy) is 1. The lowest BCUT2D eigenvalue weighted by Crippen LogP contribution is -2.32. The molecule has 0 unspecified atom stereocenters. The minimum atomic E-state index is -0.571. The normalized spacial score (nSPS) is 11.6. The van der Waals surface area contributed by atoms with E-state index in [4.69, 9.17) is 15.6 Å². The Balaban J connectivity index is 2.74. The van der Waals surface area contributed by atoms with E-state index >= 15 is 0 Å². The van der Waals surface area contributed by atoms with Gasteiger partial charge in [-0.3, -0.25) is 0 Å². The van der Waals surface area contributed by atoms with Crippen molar-refractivity contribution in [2.75, 3.05) is 0 Å². The van der Waals surface area contributed by atoms with Crippen LogP contribution in [0.25, 0.3) is 0 Å². The van der Waals surface area contributed by atoms with Crippen LogP contribution in [0.4, 0.5) is 0 Å². The fraction of sp³-hybridized carbons (Fsp3) is 0.333. The van der Waals surface area contributed by atoms with Crippen LogP contribution in [0.1, 0.15) is 26.3 Å². The maximum Gasteiger partial charge on any atom is 0.334 e. The maximum absolute atomic E-state index is 11.6. The molecular weight excluding hydrogens is 206 g/mol. The van der Waals surface area contributed by atoms with Gasteiger partial charge in [0, 0.05) is 0 Å². The fourth-order valence-corrected chi connectivity index (χ4v) is 1.09. The number of aromatic hydroxyl groups is 1. The average Bonchev–Trinajstić information content (AvgIpc) is 2.15. The van der Waals surface area contributed by atoms with Crippen LogP contribution >= 0.6 is 0 Å². The Morgan fingerprint density at radius 1 is 1.25 bits per heavy atom. The zero-order valence-electron chi connectivity index (χ0n) is 9.65. The van der Waals surface area contributed by atoms with Gasteiger partial charge in [-0.1, -0.05) is 12.1 Å². The van der Waals surface area contributed by atoms with Crippen LogP contribution in [-0.4, -0.2) is 16.7 Å². The van der Waals surface area contributed by atoms with Crippen molar-refractivity contribution >= 4 is 5.97 Å². The molecule has 0 aliphatic heterocycles. The van der Waals surface area contributed by atoms with Crippen molar-refractivity contribution in [3.63, 3.8) is 0 Å². The van der Waals surface area contributed by atoms with E-state index in [1.165, 1.54) is 12.1 Å². The van der Waals surface area contributed by atoms with Gasteiger partial charge in [0.15, 0.2) is 6.04 Å². The topological polar surface area (TPSA) is 72.5 Å². The highest BCUT2D eigenvalue weighted by Gasteiger charge is 2.24. The lowest BCUT2D eigenvalue weighted by Gasteiger charge is -2.21. The first-order valence-electron chi connectivity index (χ1n) is 4.95. The van der Waals surface area contributed by atoms with Gasteiger partial charge in [0.05, 0.1) is 0 Å². The van der Waals surface area contributed by atoms with Crippen molar-refractivity contribution in [2.24, 2.45) is 5.73 Å². The number of carbonyl (C=O) groups is 1. The van der Waals surface area contributed by atoms with Gasteiger partial charge in [0.2, 0.25) is 0 Å². The van der Waals surface area contributed by atoms with Crippen molar-refractivity contribution < 1.29 is 14.6 Å². The van der Waals surface area contributed by atoms with Crippen molar-refractivity contribution in [3.05, 3.63) is 35.9 Å². The van der Waals surface area contributed by atoms with Gasteiger partial charge in [0.1, 0.15) is 11.4 Å². The van der Waals surface area contributed by atoms with E-state index in [0.29, 0.717) is 5.56 Å². The van der Waals surface area contributed by atoms with E-state index in [9.17, 15) is 4.79 Å². The molecule has 0 saturated carbocycles. The molecular formula is C12H16NO3. The minimum absolute atomic E-state index is 0.0370. The monoisotopic (exact) mass is 222 g/mol. The Kier molecular flexibility index (Phi) is 3.55. The van der Waals surface area contributed by atoms with Crippen LogP contribution < -0.4 is 5.73 Å². The first kappa shape index (κ1) is 12.5. The van der Waals surface area contributed by atoms with Crippen LogP contribution in [0, 0.1) is 6.04 Å². The second-order valence-electron chi connectivity index (χ2n) is 4.46. The third-order valence-corrected chi connectivity index (χ3v) is 1.80. The molecule has 1 radical (unpaired) electrons. The highest BCUT2D eigenvalue weighted by molar-refractivity contribution is 5.88. The third-order valence-electron chi connectivity index (χ3n) is 1.80. The van der Waals surface area contributed by atoms with Crippen LogP contribution in [0.5, 0.6) is 5.75 Å². The Morgan fingerprint density at radius 3 is 2.19 bits per heavy atom. The molecule has 3 N–H and O–H groups in total. The zero-order chi connectivity index (χ0) is 12.3. The number of hydrogen-bond donors (Lipinski definition) is 2. The van der Waals surface area contributed by atoms with E-state index in [-0.39, 0.29) is 11.8 Å². The van der Waals surface area contributed by atoms with E-state index in [1.807, 2.05) is 0 Å². The van der Waals surface area contributed by atoms with Crippen molar-refractivity contribution in [1.82, 2.24) is 0 Å². The molecule has 0 fully saturated rings. The molecule has 4 nitrogen and oxygen atoms in total. The molecule has 0 heterocycles. The largest absolute Gasteiger partial charge is 0.508 e. The molecule has 1 rings (SSSR count). The van der Waals surface area contributed by atoms with Gasteiger partial charge in [-0.25, -0.2) is 4.79 Å². The number of esters is 1. The van der Waals surface area contributed by atoms with Crippen molar-refractivity contribution in [3.8, 4) is 5.75 Å². The Morgan fingerprint density at radius 2 is 1.75 bits per heavy atom. The van der Waals surface area contributed by atoms with Crippen molar-refractivity contribution in [2.45, 2.75) is 26.4 Å². The highest BCUT2D eigenvalue weighted by Crippen LogP contribution is 2.18. The summed E-state index contributed by atoms with van der Waals surface area (Å²) in [5.41, 5.74) is 5.62. The van der Waals surface area contributed by atoms with E-state index in [0.717, 1.165) is 0 Å². The van der Waals surface area contributed by atoms with Crippen molar-refractivity contribution in [1.29, 1.82) is 0 Å². The number of phenols is 1. The molecule has 0 saturated heterocycles. The summed E-state index contributed by atoms with van der Waals surface area (Å²) < 4.78 is 5.12. The summed E-state index contributed by atoms with van der Waals surface area (Å²) in [4.78, 5) is 11.6. The number of nitrogens with two attached hydrogens (primary N) is 1. The standard InChI is InChI=1S/C12H16NO3/c1-12(2,3)16-11(15)10(13)8-4-6-9(14)7-5-8/h4-7,14H,13H2,1-3H3. The molecule has 0 bridgehead atoms. The molecule has 1 aromatic carbocycles. The number of benzene rings is 1. The number of carbonyl (C=O) groups excluding carboxylic acids is 1. The van der Waals surface area contributed by atoms with Gasteiger partial charge in [0.25, 0.3) is 0 Å². The molecule has 16 heavy (non-hydrogen) atoms. The number of hydrogen-bond acceptors (Lipinski definition) is 4. The second kappa shape index (κ2) is 4.53. The van der Waals surface area contributed by atoms with Gasteiger partial charge in [-0.05, 0) is 38.5 Å². The quantitative estimate of drug-likeness (QED) is 0.745. The van der Waals surface area contributed by atoms with Crippen LogP contribution in [0.2, 0.25) is 0 Å². The molecule has 0 aliphatic rings. The van der Waals surface area contributed by atoms with Gasteiger partial charge in [-0.2, -0.15) is 0 Å². The van der Waals surface area contributed by atoms with E-state index < -0.39 is 11.6 Å². The zero-order valence-corrected chi connectivity index (χ0v) is 9.65. The summed E-state index contributed by atoms with van der Waals surface area (Å²) in [5.74, 6) is -0.432. The SMILES string of the molecule is CC(C)(C)OC(=O)[C](N)c1ccc(O)cc1. The van der Waals surface area contributed by atoms with E-state index in [2.05, 4.69) is 0 Å². The average molecular weight is 222 g/mol. The smallest absolute Gasteiger partial charge is 0.334 e. The summed E-state index contributed by atoms with van der Waals surface area (Å²) in [6, 6.07) is 6.09. The second-order valence-corrected chi connectivity index (χ2v) is 4.46. The molecule has 0 aliphatic carbocycles.